The van der Waals surface area contributed by atoms with Gasteiger partial charge < -0.3 is 5.32 Å². The summed E-state index contributed by atoms with van der Waals surface area (Å²) in [7, 11) is 0. The quantitative estimate of drug-likeness (QED) is 0.800. The van der Waals surface area contributed by atoms with Crippen LogP contribution in [0.4, 0.5) is 4.39 Å². The van der Waals surface area contributed by atoms with Gasteiger partial charge in [-0.25, -0.2) is 4.39 Å². The molecule has 0 aromatic heterocycles. The SMILES string of the molecule is CCCNC(c1ccc(F)cc1)C1(C)CC1. The molecule has 1 N–H and O–H groups in total. The molecule has 1 aliphatic carbocycles. The van der Waals surface area contributed by atoms with Gasteiger partial charge in [-0.1, -0.05) is 26.0 Å². The van der Waals surface area contributed by atoms with E-state index in [4.69, 9.17) is 0 Å². The van der Waals surface area contributed by atoms with Crippen LogP contribution in [0, 0.1) is 11.2 Å². The van der Waals surface area contributed by atoms with E-state index in [0.717, 1.165) is 13.0 Å². The van der Waals surface area contributed by atoms with Crippen LogP contribution >= 0.6 is 0 Å². The van der Waals surface area contributed by atoms with Gasteiger partial charge in [0.15, 0.2) is 0 Å². The van der Waals surface area contributed by atoms with E-state index in [1.54, 1.807) is 12.1 Å². The molecule has 1 fully saturated rings. The van der Waals surface area contributed by atoms with Crippen molar-refractivity contribution in [2.45, 2.75) is 39.2 Å². The zero-order chi connectivity index (χ0) is 11.6. The minimum atomic E-state index is -0.154. The molecule has 0 radical (unpaired) electrons. The van der Waals surface area contributed by atoms with Crippen LogP contribution in [0.5, 0.6) is 0 Å². The molecule has 0 bridgehead atoms. The zero-order valence-corrected chi connectivity index (χ0v) is 10.1. The van der Waals surface area contributed by atoms with Crippen LogP contribution in [0.3, 0.4) is 0 Å². The molecule has 0 amide bonds. The van der Waals surface area contributed by atoms with Gasteiger partial charge in [-0.3, -0.25) is 0 Å². The lowest BCUT2D eigenvalue weighted by molar-refractivity contribution is 0.366. The molecule has 1 saturated carbocycles. The maximum Gasteiger partial charge on any atom is 0.123 e. The first-order valence-corrected chi connectivity index (χ1v) is 6.14. The minimum Gasteiger partial charge on any atom is -0.309 e. The zero-order valence-electron chi connectivity index (χ0n) is 10.1. The van der Waals surface area contributed by atoms with Crippen molar-refractivity contribution in [3.63, 3.8) is 0 Å². The lowest BCUT2D eigenvalue weighted by atomic mass is 9.91. The van der Waals surface area contributed by atoms with Gasteiger partial charge in [-0.2, -0.15) is 0 Å². The smallest absolute Gasteiger partial charge is 0.123 e. The first-order chi connectivity index (χ1) is 7.65. The average Bonchev–Trinajstić information content (AvgIpc) is 3.00. The molecule has 88 valence electrons. The summed E-state index contributed by atoms with van der Waals surface area (Å²) in [5, 5.41) is 3.59. The average molecular weight is 221 g/mol. The highest BCUT2D eigenvalue weighted by Crippen LogP contribution is 2.54. The van der Waals surface area contributed by atoms with Crippen molar-refractivity contribution < 1.29 is 4.39 Å². The third-order valence-electron chi connectivity index (χ3n) is 3.54. The van der Waals surface area contributed by atoms with Crippen molar-refractivity contribution in [3.8, 4) is 0 Å². The Balaban J connectivity index is 2.14. The summed E-state index contributed by atoms with van der Waals surface area (Å²) in [4.78, 5) is 0. The standard InChI is InChI=1S/C14H20FN/c1-3-10-16-13(14(2)8-9-14)11-4-6-12(15)7-5-11/h4-7,13,16H,3,8-10H2,1-2H3. The van der Waals surface area contributed by atoms with Crippen LogP contribution in [0.25, 0.3) is 0 Å². The third kappa shape index (κ3) is 2.43. The maximum absolute atomic E-state index is 12.9. The molecule has 1 unspecified atom stereocenters. The summed E-state index contributed by atoms with van der Waals surface area (Å²) >= 11 is 0. The van der Waals surface area contributed by atoms with E-state index in [1.807, 2.05) is 12.1 Å². The summed E-state index contributed by atoms with van der Waals surface area (Å²) in [5.74, 6) is -0.154. The summed E-state index contributed by atoms with van der Waals surface area (Å²) < 4.78 is 12.9. The van der Waals surface area contributed by atoms with Gasteiger partial charge in [0, 0.05) is 6.04 Å². The number of rotatable bonds is 5. The second-order valence-corrected chi connectivity index (χ2v) is 5.09. The van der Waals surface area contributed by atoms with Crippen LogP contribution in [-0.4, -0.2) is 6.54 Å². The van der Waals surface area contributed by atoms with Gasteiger partial charge in [-0.15, -0.1) is 0 Å². The Labute approximate surface area is 97.1 Å². The second kappa shape index (κ2) is 4.54. The van der Waals surface area contributed by atoms with Gasteiger partial charge >= 0.3 is 0 Å². The topological polar surface area (TPSA) is 12.0 Å². The Hall–Kier alpha value is -0.890. The van der Waals surface area contributed by atoms with Crippen LogP contribution in [0.15, 0.2) is 24.3 Å². The molecule has 0 aliphatic heterocycles. The highest BCUT2D eigenvalue weighted by atomic mass is 19.1. The van der Waals surface area contributed by atoms with Crippen LogP contribution < -0.4 is 5.32 Å². The maximum atomic E-state index is 12.9. The van der Waals surface area contributed by atoms with E-state index in [-0.39, 0.29) is 5.82 Å². The molecule has 1 nitrogen and oxygen atoms in total. The number of hydrogen-bond donors (Lipinski definition) is 1. The highest BCUT2D eigenvalue weighted by Gasteiger charge is 2.45. The molecule has 1 aromatic rings. The van der Waals surface area contributed by atoms with Gasteiger partial charge in [-0.05, 0) is 48.9 Å². The van der Waals surface area contributed by atoms with E-state index < -0.39 is 0 Å². The van der Waals surface area contributed by atoms with Crippen molar-refractivity contribution in [1.29, 1.82) is 0 Å². The first kappa shape index (κ1) is 11.6. The van der Waals surface area contributed by atoms with Gasteiger partial charge in [0.05, 0.1) is 0 Å². The molecule has 0 spiro atoms. The van der Waals surface area contributed by atoms with Gasteiger partial charge in [0.2, 0.25) is 0 Å². The summed E-state index contributed by atoms with van der Waals surface area (Å²) in [6.45, 7) is 5.51. The van der Waals surface area contributed by atoms with Crippen molar-refractivity contribution in [1.82, 2.24) is 5.32 Å². The third-order valence-corrected chi connectivity index (χ3v) is 3.54. The number of hydrogen-bond acceptors (Lipinski definition) is 1. The van der Waals surface area contributed by atoms with E-state index in [1.165, 1.54) is 18.4 Å². The van der Waals surface area contributed by atoms with Crippen LogP contribution in [0.2, 0.25) is 0 Å². The van der Waals surface area contributed by atoms with Crippen LogP contribution in [-0.2, 0) is 0 Å². The summed E-state index contributed by atoms with van der Waals surface area (Å²) in [5.41, 5.74) is 1.60. The van der Waals surface area contributed by atoms with E-state index >= 15 is 0 Å². The van der Waals surface area contributed by atoms with Gasteiger partial charge in [0.1, 0.15) is 5.82 Å². The predicted molar refractivity (Wildman–Crippen MR) is 64.8 cm³/mol. The molecule has 16 heavy (non-hydrogen) atoms. The highest BCUT2D eigenvalue weighted by molar-refractivity contribution is 5.24. The fourth-order valence-electron chi connectivity index (χ4n) is 2.20. The summed E-state index contributed by atoms with van der Waals surface area (Å²) in [6.07, 6.45) is 3.67. The molecule has 2 rings (SSSR count). The number of benzene rings is 1. The predicted octanol–water partition coefficient (Wildman–Crippen LogP) is 3.67. The largest absolute Gasteiger partial charge is 0.309 e. The molecular formula is C14H20FN. The van der Waals surface area contributed by atoms with Gasteiger partial charge in [0.25, 0.3) is 0 Å². The lowest BCUT2D eigenvalue weighted by Gasteiger charge is -2.25. The monoisotopic (exact) mass is 221 g/mol. The van der Waals surface area contributed by atoms with Crippen molar-refractivity contribution in [2.24, 2.45) is 5.41 Å². The van der Waals surface area contributed by atoms with E-state index in [2.05, 4.69) is 19.2 Å². The van der Waals surface area contributed by atoms with Crippen molar-refractivity contribution in [2.75, 3.05) is 6.54 Å². The normalized spacial score (nSPS) is 19.4. The second-order valence-electron chi connectivity index (χ2n) is 5.09. The van der Waals surface area contributed by atoms with E-state index in [9.17, 15) is 4.39 Å². The Morgan fingerprint density at radius 3 is 2.44 bits per heavy atom. The number of halogens is 1. The molecule has 2 heteroatoms. The molecule has 1 aliphatic rings. The summed E-state index contributed by atoms with van der Waals surface area (Å²) in [6, 6.07) is 7.31. The Morgan fingerprint density at radius 2 is 1.94 bits per heavy atom. The van der Waals surface area contributed by atoms with Crippen molar-refractivity contribution in [3.05, 3.63) is 35.6 Å². The minimum absolute atomic E-state index is 0.154. The fourth-order valence-corrected chi connectivity index (χ4v) is 2.20. The Bertz CT molecular complexity index is 340. The fraction of sp³-hybridized carbons (Fsp3) is 0.571. The van der Waals surface area contributed by atoms with Crippen molar-refractivity contribution >= 4 is 0 Å². The Morgan fingerprint density at radius 1 is 1.31 bits per heavy atom. The lowest BCUT2D eigenvalue weighted by Crippen LogP contribution is -2.28. The first-order valence-electron chi connectivity index (χ1n) is 6.14. The van der Waals surface area contributed by atoms with Crippen LogP contribution in [0.1, 0.15) is 44.7 Å². The molecule has 1 atom stereocenters. The number of nitrogens with one attached hydrogen (secondary N) is 1. The molecule has 0 heterocycles. The van der Waals surface area contributed by atoms with E-state index in [0.29, 0.717) is 11.5 Å². The molecular weight excluding hydrogens is 201 g/mol. The Kier molecular flexibility index (Phi) is 3.29. The molecule has 0 saturated heterocycles. The molecule has 1 aromatic carbocycles.